The van der Waals surface area contributed by atoms with E-state index in [1.807, 2.05) is 12.1 Å². The number of rotatable bonds is 2. The van der Waals surface area contributed by atoms with Crippen LogP contribution in [0.5, 0.6) is 0 Å². The summed E-state index contributed by atoms with van der Waals surface area (Å²) in [6.07, 6.45) is 1.93. The molecule has 0 unspecified atom stereocenters. The Kier molecular flexibility index (Phi) is 3.67. The van der Waals surface area contributed by atoms with Gasteiger partial charge in [-0.2, -0.15) is 0 Å². The lowest BCUT2D eigenvalue weighted by Crippen LogP contribution is -2.35. The van der Waals surface area contributed by atoms with E-state index in [-0.39, 0.29) is 5.91 Å². The maximum Gasteiger partial charge on any atom is 0.258 e. The summed E-state index contributed by atoms with van der Waals surface area (Å²) in [6, 6.07) is 12.7. The Bertz CT molecular complexity index is 753. The fourth-order valence-electron chi connectivity index (χ4n) is 2.90. The molecule has 3 rings (SSSR count). The number of fused-ring (bicyclic) bond motifs is 1. The van der Waals surface area contributed by atoms with Gasteiger partial charge in [0.15, 0.2) is 0 Å². The van der Waals surface area contributed by atoms with Crippen molar-refractivity contribution in [1.82, 2.24) is 0 Å². The highest BCUT2D eigenvalue weighted by Gasteiger charge is 2.23. The van der Waals surface area contributed by atoms with Gasteiger partial charge >= 0.3 is 0 Å². The maximum atomic E-state index is 12.8. The van der Waals surface area contributed by atoms with Crippen LogP contribution in [0.2, 0.25) is 0 Å². The molecule has 0 saturated heterocycles. The van der Waals surface area contributed by atoms with Gasteiger partial charge in [-0.25, -0.2) is 0 Å². The molecule has 0 aromatic heterocycles. The molecule has 0 radical (unpaired) electrons. The molecule has 0 spiro atoms. The van der Waals surface area contributed by atoms with Gasteiger partial charge < -0.3 is 10.6 Å². The van der Waals surface area contributed by atoms with Crippen molar-refractivity contribution in [2.75, 3.05) is 11.4 Å². The molecule has 1 heterocycles. The summed E-state index contributed by atoms with van der Waals surface area (Å²) in [5.74, 6) is -0.614. The normalized spacial score (nSPS) is 13.6. The van der Waals surface area contributed by atoms with Crippen LogP contribution in [-0.2, 0) is 6.42 Å². The topological polar surface area (TPSA) is 63.4 Å². The van der Waals surface area contributed by atoms with Crippen LogP contribution in [0.25, 0.3) is 0 Å². The largest absolute Gasteiger partial charge is 0.366 e. The average Bonchev–Trinajstić information content (AvgIpc) is 2.53. The van der Waals surface area contributed by atoms with Crippen molar-refractivity contribution < 1.29 is 9.59 Å². The van der Waals surface area contributed by atoms with E-state index in [0.29, 0.717) is 17.7 Å². The van der Waals surface area contributed by atoms with E-state index in [0.717, 1.165) is 18.5 Å². The summed E-state index contributed by atoms with van der Waals surface area (Å²) in [4.78, 5) is 25.9. The second kappa shape index (κ2) is 5.64. The van der Waals surface area contributed by atoms with Crippen molar-refractivity contribution >= 4 is 17.5 Å². The van der Waals surface area contributed by atoms with Crippen LogP contribution in [0.15, 0.2) is 42.5 Å². The first-order valence-corrected chi connectivity index (χ1v) is 7.37. The van der Waals surface area contributed by atoms with Crippen molar-refractivity contribution in [3.8, 4) is 0 Å². The monoisotopic (exact) mass is 294 g/mol. The fourth-order valence-corrected chi connectivity index (χ4v) is 2.90. The predicted molar refractivity (Wildman–Crippen MR) is 86.1 cm³/mol. The maximum absolute atomic E-state index is 12.8. The molecule has 2 N–H and O–H groups in total. The van der Waals surface area contributed by atoms with E-state index in [9.17, 15) is 9.59 Å². The Morgan fingerprint density at radius 3 is 2.64 bits per heavy atom. The molecule has 4 heteroatoms. The van der Waals surface area contributed by atoms with Crippen LogP contribution in [0, 0.1) is 6.92 Å². The van der Waals surface area contributed by atoms with Crippen molar-refractivity contribution in [2.45, 2.75) is 19.8 Å². The van der Waals surface area contributed by atoms with Gasteiger partial charge in [0.05, 0.1) is 0 Å². The van der Waals surface area contributed by atoms with Gasteiger partial charge in [0.1, 0.15) is 0 Å². The molecule has 22 heavy (non-hydrogen) atoms. The van der Waals surface area contributed by atoms with E-state index in [1.54, 1.807) is 29.2 Å². The lowest BCUT2D eigenvalue weighted by Gasteiger charge is -2.30. The molecule has 2 aromatic rings. The van der Waals surface area contributed by atoms with Crippen LogP contribution < -0.4 is 10.6 Å². The van der Waals surface area contributed by atoms with Crippen LogP contribution in [-0.4, -0.2) is 18.4 Å². The first-order valence-electron chi connectivity index (χ1n) is 7.37. The molecule has 2 aromatic carbocycles. The number of hydrogen-bond donors (Lipinski definition) is 1. The third-order valence-corrected chi connectivity index (χ3v) is 3.99. The number of nitrogens with zero attached hydrogens (tertiary/aromatic N) is 1. The first-order chi connectivity index (χ1) is 10.6. The molecular weight excluding hydrogens is 276 g/mol. The summed E-state index contributed by atoms with van der Waals surface area (Å²) in [7, 11) is 0. The number of carbonyl (C=O) groups excluding carboxylic acids is 2. The molecule has 112 valence electrons. The van der Waals surface area contributed by atoms with E-state index in [4.69, 9.17) is 5.73 Å². The van der Waals surface area contributed by atoms with Gasteiger partial charge in [0, 0.05) is 23.4 Å². The Balaban J connectivity index is 1.97. The first kappa shape index (κ1) is 14.3. The van der Waals surface area contributed by atoms with Gasteiger partial charge in [0.25, 0.3) is 5.91 Å². The Hall–Kier alpha value is -2.62. The molecule has 1 aliphatic heterocycles. The number of anilines is 1. The lowest BCUT2D eigenvalue weighted by atomic mass is 9.98. The van der Waals surface area contributed by atoms with E-state index < -0.39 is 5.91 Å². The highest BCUT2D eigenvalue weighted by molar-refractivity contribution is 6.08. The number of nitrogens with two attached hydrogens (primary N) is 1. The van der Waals surface area contributed by atoms with Crippen LogP contribution >= 0.6 is 0 Å². The smallest absolute Gasteiger partial charge is 0.258 e. The van der Waals surface area contributed by atoms with Crippen LogP contribution in [0.3, 0.4) is 0 Å². The van der Waals surface area contributed by atoms with Gasteiger partial charge in [-0.05, 0) is 49.6 Å². The number of amides is 2. The van der Waals surface area contributed by atoms with E-state index >= 15 is 0 Å². The van der Waals surface area contributed by atoms with Gasteiger partial charge in [0.2, 0.25) is 5.91 Å². The molecule has 0 saturated carbocycles. The minimum absolute atomic E-state index is 0.0899. The number of hydrogen-bond acceptors (Lipinski definition) is 2. The molecular formula is C18H18N2O2. The Morgan fingerprint density at radius 1 is 1.09 bits per heavy atom. The molecule has 2 amide bonds. The lowest BCUT2D eigenvalue weighted by molar-refractivity contribution is 0.0985. The van der Waals surface area contributed by atoms with Crippen molar-refractivity contribution in [1.29, 1.82) is 0 Å². The van der Waals surface area contributed by atoms with Crippen LogP contribution in [0.1, 0.15) is 38.3 Å². The molecule has 0 bridgehead atoms. The fraction of sp³-hybridized carbons (Fsp3) is 0.222. The average molecular weight is 294 g/mol. The Labute approximate surface area is 129 Å². The van der Waals surface area contributed by atoms with E-state index in [2.05, 4.69) is 13.0 Å². The summed E-state index contributed by atoms with van der Waals surface area (Å²) >= 11 is 0. The van der Waals surface area contributed by atoms with Crippen molar-refractivity contribution in [3.05, 3.63) is 64.7 Å². The summed E-state index contributed by atoms with van der Waals surface area (Å²) in [6.45, 7) is 2.74. The molecule has 0 fully saturated rings. The number of benzene rings is 2. The zero-order valence-electron chi connectivity index (χ0n) is 12.5. The van der Waals surface area contributed by atoms with Gasteiger partial charge in [-0.15, -0.1) is 0 Å². The van der Waals surface area contributed by atoms with Gasteiger partial charge in [-0.3, -0.25) is 9.59 Å². The summed E-state index contributed by atoms with van der Waals surface area (Å²) < 4.78 is 0. The van der Waals surface area contributed by atoms with E-state index in [1.165, 1.54) is 11.1 Å². The summed E-state index contributed by atoms with van der Waals surface area (Å²) in [5.41, 5.74) is 9.50. The number of primary amides is 1. The number of carbonyl (C=O) groups is 2. The highest BCUT2D eigenvalue weighted by Crippen LogP contribution is 2.29. The zero-order chi connectivity index (χ0) is 15.7. The summed E-state index contributed by atoms with van der Waals surface area (Å²) in [5, 5.41) is 0. The van der Waals surface area contributed by atoms with Gasteiger partial charge in [-0.1, -0.05) is 23.8 Å². The predicted octanol–water partition coefficient (Wildman–Crippen LogP) is 2.69. The number of aryl methyl sites for hydroxylation is 2. The minimum atomic E-state index is -0.524. The molecule has 4 nitrogen and oxygen atoms in total. The second-order valence-corrected chi connectivity index (χ2v) is 5.64. The Morgan fingerprint density at radius 2 is 1.86 bits per heavy atom. The minimum Gasteiger partial charge on any atom is -0.366 e. The third kappa shape index (κ3) is 2.60. The SMILES string of the molecule is Cc1ccc2c(c1)CCCN2C(=O)c1cccc(C(N)=O)c1. The van der Waals surface area contributed by atoms with Crippen molar-refractivity contribution in [2.24, 2.45) is 5.73 Å². The molecule has 0 atom stereocenters. The van der Waals surface area contributed by atoms with Crippen LogP contribution in [0.4, 0.5) is 5.69 Å². The highest BCUT2D eigenvalue weighted by atomic mass is 16.2. The molecule has 1 aliphatic rings. The third-order valence-electron chi connectivity index (χ3n) is 3.99. The van der Waals surface area contributed by atoms with Crippen molar-refractivity contribution in [3.63, 3.8) is 0 Å². The second-order valence-electron chi connectivity index (χ2n) is 5.64. The quantitative estimate of drug-likeness (QED) is 0.925. The zero-order valence-corrected chi connectivity index (χ0v) is 12.5. The standard InChI is InChI=1S/C18H18N2O2/c1-12-7-8-16-13(10-12)6-3-9-20(16)18(22)15-5-2-4-14(11-15)17(19)21/h2,4-5,7-8,10-11H,3,6,9H2,1H3,(H2,19,21). The molecule has 0 aliphatic carbocycles.